The minimum Gasteiger partial charge on any atom is -0.497 e. The first-order valence-electron chi connectivity index (χ1n) is 5.48. The number of benzene rings is 1. The molecule has 0 aliphatic carbocycles. The van der Waals surface area contributed by atoms with Crippen molar-refractivity contribution in [2.24, 2.45) is 0 Å². The molecule has 5 heteroatoms. The molecule has 0 saturated heterocycles. The van der Waals surface area contributed by atoms with Gasteiger partial charge < -0.3 is 20.5 Å². The van der Waals surface area contributed by atoms with Gasteiger partial charge in [0.2, 0.25) is 5.91 Å². The first-order valence-corrected chi connectivity index (χ1v) is 5.48. The Morgan fingerprint density at radius 2 is 2.24 bits per heavy atom. The first kappa shape index (κ1) is 13.3. The summed E-state index contributed by atoms with van der Waals surface area (Å²) in [5, 5.41) is 2.68. The number of ether oxygens (including phenoxy) is 2. The van der Waals surface area contributed by atoms with E-state index in [4.69, 9.17) is 15.2 Å². The Bertz CT molecular complexity index is 380. The highest BCUT2D eigenvalue weighted by molar-refractivity contribution is 5.94. The molecule has 0 heterocycles. The lowest BCUT2D eigenvalue weighted by atomic mass is 10.2. The third-order valence-corrected chi connectivity index (χ3v) is 2.11. The lowest BCUT2D eigenvalue weighted by Crippen LogP contribution is -2.19. The summed E-state index contributed by atoms with van der Waals surface area (Å²) in [5.41, 5.74) is 6.80. The topological polar surface area (TPSA) is 73.6 Å². The minimum absolute atomic E-state index is 0.0410. The Hall–Kier alpha value is -1.75. The number of hydrogen-bond donors (Lipinski definition) is 2. The van der Waals surface area contributed by atoms with Crippen LogP contribution in [0.3, 0.4) is 0 Å². The Balaban J connectivity index is 2.53. The van der Waals surface area contributed by atoms with E-state index in [1.165, 1.54) is 0 Å². The third-order valence-electron chi connectivity index (χ3n) is 2.11. The second-order valence-electron chi connectivity index (χ2n) is 3.55. The van der Waals surface area contributed by atoms with E-state index >= 15 is 0 Å². The lowest BCUT2D eigenvalue weighted by Gasteiger charge is -2.09. The maximum absolute atomic E-state index is 11.5. The van der Waals surface area contributed by atoms with Gasteiger partial charge in [-0.05, 0) is 18.6 Å². The number of anilines is 2. The number of carbonyl (C=O) groups excluding carboxylic acids is 1. The molecule has 1 aromatic rings. The van der Waals surface area contributed by atoms with Crippen molar-refractivity contribution in [2.75, 3.05) is 31.4 Å². The smallest absolute Gasteiger partial charge is 0.250 e. The van der Waals surface area contributed by atoms with Crippen molar-refractivity contribution in [3.05, 3.63) is 18.2 Å². The number of carbonyl (C=O) groups is 1. The van der Waals surface area contributed by atoms with Crippen molar-refractivity contribution in [1.29, 1.82) is 0 Å². The van der Waals surface area contributed by atoms with Crippen molar-refractivity contribution in [3.63, 3.8) is 0 Å². The summed E-state index contributed by atoms with van der Waals surface area (Å²) in [6.45, 7) is 2.60. The van der Waals surface area contributed by atoms with Crippen LogP contribution < -0.4 is 15.8 Å². The number of amides is 1. The van der Waals surface area contributed by atoms with Crippen LogP contribution in [-0.4, -0.2) is 26.2 Å². The number of nitrogen functional groups attached to an aromatic ring is 1. The van der Waals surface area contributed by atoms with E-state index in [0.717, 1.165) is 6.42 Å². The Morgan fingerprint density at radius 3 is 2.82 bits per heavy atom. The van der Waals surface area contributed by atoms with Crippen LogP contribution in [0.15, 0.2) is 18.2 Å². The van der Waals surface area contributed by atoms with Crippen molar-refractivity contribution in [2.45, 2.75) is 13.3 Å². The van der Waals surface area contributed by atoms with Gasteiger partial charge in [0.05, 0.1) is 18.5 Å². The Labute approximate surface area is 101 Å². The summed E-state index contributed by atoms with van der Waals surface area (Å²) in [7, 11) is 1.56. The maximum Gasteiger partial charge on any atom is 0.250 e. The molecule has 0 saturated carbocycles. The van der Waals surface area contributed by atoms with Crippen LogP contribution in [0.5, 0.6) is 5.75 Å². The summed E-state index contributed by atoms with van der Waals surface area (Å²) < 4.78 is 10.1. The number of hydrogen-bond acceptors (Lipinski definition) is 4. The fourth-order valence-electron chi connectivity index (χ4n) is 1.28. The number of nitrogens with one attached hydrogen (secondary N) is 1. The van der Waals surface area contributed by atoms with E-state index in [1.807, 2.05) is 6.92 Å². The van der Waals surface area contributed by atoms with Crippen LogP contribution in [0.4, 0.5) is 11.4 Å². The van der Waals surface area contributed by atoms with Crippen molar-refractivity contribution in [3.8, 4) is 5.75 Å². The average Bonchev–Trinajstić information content (AvgIpc) is 2.32. The molecular formula is C12H18N2O3. The lowest BCUT2D eigenvalue weighted by molar-refractivity contribution is -0.120. The highest BCUT2D eigenvalue weighted by Crippen LogP contribution is 2.23. The van der Waals surface area contributed by atoms with Crippen LogP contribution >= 0.6 is 0 Å². The predicted molar refractivity (Wildman–Crippen MR) is 67.1 cm³/mol. The molecule has 0 aromatic heterocycles. The van der Waals surface area contributed by atoms with Gasteiger partial charge >= 0.3 is 0 Å². The van der Waals surface area contributed by atoms with Crippen LogP contribution in [0, 0.1) is 0 Å². The molecular weight excluding hydrogens is 220 g/mol. The van der Waals surface area contributed by atoms with Gasteiger partial charge in [-0.3, -0.25) is 4.79 Å². The largest absolute Gasteiger partial charge is 0.497 e. The predicted octanol–water partition coefficient (Wildman–Crippen LogP) is 1.64. The van der Waals surface area contributed by atoms with Gasteiger partial charge in [-0.15, -0.1) is 0 Å². The molecule has 1 amide bonds. The van der Waals surface area contributed by atoms with Crippen LogP contribution in [0.2, 0.25) is 0 Å². The summed E-state index contributed by atoms with van der Waals surface area (Å²) >= 11 is 0. The fraction of sp³-hybridized carbons (Fsp3) is 0.417. The molecule has 0 unspecified atom stereocenters. The van der Waals surface area contributed by atoms with Crippen molar-refractivity contribution in [1.82, 2.24) is 0 Å². The molecule has 0 fully saturated rings. The molecule has 17 heavy (non-hydrogen) atoms. The second kappa shape index (κ2) is 6.75. The zero-order valence-electron chi connectivity index (χ0n) is 10.2. The van der Waals surface area contributed by atoms with E-state index in [9.17, 15) is 4.79 Å². The van der Waals surface area contributed by atoms with Gasteiger partial charge in [-0.1, -0.05) is 6.92 Å². The molecule has 0 bridgehead atoms. The summed E-state index contributed by atoms with van der Waals surface area (Å²) in [6.07, 6.45) is 0.887. The van der Waals surface area contributed by atoms with Crippen molar-refractivity contribution < 1.29 is 14.3 Å². The molecule has 0 spiro atoms. The third kappa shape index (κ3) is 4.32. The molecule has 0 radical (unpaired) electrons. The SMILES string of the molecule is CCCOCC(=O)Nc1ccc(OC)cc1N. The van der Waals surface area contributed by atoms with Gasteiger partial charge in [0, 0.05) is 12.7 Å². The summed E-state index contributed by atoms with van der Waals surface area (Å²) in [5.74, 6) is 0.443. The molecule has 3 N–H and O–H groups in total. The minimum atomic E-state index is -0.213. The van der Waals surface area contributed by atoms with Crippen LogP contribution in [0.1, 0.15) is 13.3 Å². The molecule has 0 aliphatic heterocycles. The normalized spacial score (nSPS) is 10.0. The monoisotopic (exact) mass is 238 g/mol. The zero-order chi connectivity index (χ0) is 12.7. The van der Waals surface area contributed by atoms with Gasteiger partial charge in [-0.25, -0.2) is 0 Å². The highest BCUT2D eigenvalue weighted by atomic mass is 16.5. The van der Waals surface area contributed by atoms with Gasteiger partial charge in [0.25, 0.3) is 0 Å². The highest BCUT2D eigenvalue weighted by Gasteiger charge is 2.06. The van der Waals surface area contributed by atoms with Gasteiger partial charge in [0.1, 0.15) is 12.4 Å². The first-order chi connectivity index (χ1) is 8.17. The fourth-order valence-corrected chi connectivity index (χ4v) is 1.28. The van der Waals surface area contributed by atoms with Crippen LogP contribution in [0.25, 0.3) is 0 Å². The molecule has 1 rings (SSSR count). The number of rotatable bonds is 6. The second-order valence-corrected chi connectivity index (χ2v) is 3.55. The van der Waals surface area contributed by atoms with Gasteiger partial charge in [-0.2, -0.15) is 0 Å². The maximum atomic E-state index is 11.5. The number of methoxy groups -OCH3 is 1. The van der Waals surface area contributed by atoms with Crippen LogP contribution in [-0.2, 0) is 9.53 Å². The Morgan fingerprint density at radius 1 is 1.47 bits per heavy atom. The summed E-state index contributed by atoms with van der Waals surface area (Å²) in [4.78, 5) is 11.5. The molecule has 0 atom stereocenters. The van der Waals surface area contributed by atoms with E-state index in [1.54, 1.807) is 25.3 Å². The molecule has 1 aromatic carbocycles. The average molecular weight is 238 g/mol. The zero-order valence-corrected chi connectivity index (χ0v) is 10.2. The van der Waals surface area contributed by atoms with Crippen molar-refractivity contribution >= 4 is 17.3 Å². The van der Waals surface area contributed by atoms with E-state index < -0.39 is 0 Å². The molecule has 94 valence electrons. The van der Waals surface area contributed by atoms with E-state index in [2.05, 4.69) is 5.32 Å². The standard InChI is InChI=1S/C12H18N2O3/c1-3-6-17-8-12(15)14-11-5-4-9(16-2)7-10(11)13/h4-5,7H,3,6,8,13H2,1-2H3,(H,14,15). The number of nitrogens with two attached hydrogens (primary N) is 1. The van der Waals surface area contributed by atoms with E-state index in [-0.39, 0.29) is 12.5 Å². The summed E-state index contributed by atoms with van der Waals surface area (Å²) in [6, 6.07) is 5.09. The van der Waals surface area contributed by atoms with Gasteiger partial charge in [0.15, 0.2) is 0 Å². The molecule has 5 nitrogen and oxygen atoms in total. The van der Waals surface area contributed by atoms with E-state index in [0.29, 0.717) is 23.7 Å². The molecule has 0 aliphatic rings. The quantitative estimate of drug-likeness (QED) is 0.583. The Kier molecular flexibility index (Phi) is 5.29.